The van der Waals surface area contributed by atoms with Gasteiger partial charge in [-0.25, -0.2) is 0 Å². The molecule has 30 heavy (non-hydrogen) atoms. The molecular weight excluding hydrogens is 404 g/mol. The highest BCUT2D eigenvalue weighted by atomic mass is 35.5. The molecule has 5 rings (SSSR count). The average Bonchev–Trinajstić information content (AvgIpc) is 3.07. The first-order valence-electron chi connectivity index (χ1n) is 9.45. The second kappa shape index (κ2) is 7.86. The van der Waals surface area contributed by atoms with Crippen molar-refractivity contribution in [3.05, 3.63) is 93.7 Å². The number of carbonyl (C=O) groups excluding carboxylic acids is 1. The molecule has 0 saturated heterocycles. The number of allylic oxidation sites excluding steroid dienone is 1. The maximum atomic E-state index is 12.8. The van der Waals surface area contributed by atoms with Gasteiger partial charge in [-0.2, -0.15) is 0 Å². The molecule has 0 amide bonds. The van der Waals surface area contributed by atoms with Crippen molar-refractivity contribution in [3.63, 3.8) is 0 Å². The van der Waals surface area contributed by atoms with Gasteiger partial charge in [-0.3, -0.25) is 4.79 Å². The standard InChI is InChI=1S/C24H17ClO5/c25-18-8-16(24-17(9-18)13-27-14-29-24)10-22-23(26)20-7-6-19(11-21(20)30-22)28-12-15-4-2-1-3-5-15/h1-11H,12-14H2. The maximum absolute atomic E-state index is 12.8. The number of ketones is 1. The zero-order valence-corrected chi connectivity index (χ0v) is 16.6. The molecule has 0 unspecified atom stereocenters. The van der Waals surface area contributed by atoms with Crippen molar-refractivity contribution in [2.75, 3.05) is 6.79 Å². The van der Waals surface area contributed by atoms with Crippen molar-refractivity contribution in [2.24, 2.45) is 0 Å². The molecule has 0 radical (unpaired) electrons. The van der Waals surface area contributed by atoms with Crippen LogP contribution >= 0.6 is 11.6 Å². The van der Waals surface area contributed by atoms with Crippen molar-refractivity contribution in [2.45, 2.75) is 13.2 Å². The Hall–Kier alpha value is -3.28. The molecule has 2 aliphatic heterocycles. The lowest BCUT2D eigenvalue weighted by molar-refractivity contribution is -0.0165. The fourth-order valence-electron chi connectivity index (χ4n) is 3.45. The van der Waals surface area contributed by atoms with Gasteiger partial charge in [-0.1, -0.05) is 41.9 Å². The minimum atomic E-state index is -0.194. The first-order valence-corrected chi connectivity index (χ1v) is 9.83. The third-order valence-corrected chi connectivity index (χ3v) is 5.10. The van der Waals surface area contributed by atoms with Crippen molar-refractivity contribution in [1.29, 1.82) is 0 Å². The maximum Gasteiger partial charge on any atom is 0.231 e. The highest BCUT2D eigenvalue weighted by Crippen LogP contribution is 2.38. The normalized spacial score (nSPS) is 15.9. The Bertz CT molecular complexity index is 1150. The zero-order chi connectivity index (χ0) is 20.5. The van der Waals surface area contributed by atoms with Gasteiger partial charge >= 0.3 is 0 Å². The lowest BCUT2D eigenvalue weighted by Crippen LogP contribution is -2.12. The second-order valence-corrected chi connectivity index (χ2v) is 7.40. The molecule has 3 aromatic carbocycles. The summed E-state index contributed by atoms with van der Waals surface area (Å²) in [6.45, 7) is 0.996. The van der Waals surface area contributed by atoms with Crippen molar-refractivity contribution < 1.29 is 23.7 Å². The van der Waals surface area contributed by atoms with Gasteiger partial charge in [0, 0.05) is 22.2 Å². The fraction of sp³-hybridized carbons (Fsp3) is 0.125. The van der Waals surface area contributed by atoms with Crippen LogP contribution in [0.3, 0.4) is 0 Å². The highest BCUT2D eigenvalue weighted by molar-refractivity contribution is 6.31. The SMILES string of the molecule is O=C1C(=Cc2cc(Cl)cc3c2OCOC3)Oc2cc(OCc3ccccc3)ccc21. The summed E-state index contributed by atoms with van der Waals surface area (Å²) in [7, 11) is 0. The van der Waals surface area contributed by atoms with E-state index in [0.29, 0.717) is 46.6 Å². The summed E-state index contributed by atoms with van der Waals surface area (Å²) in [5.41, 5.74) is 3.07. The van der Waals surface area contributed by atoms with E-state index in [4.69, 9.17) is 30.5 Å². The third kappa shape index (κ3) is 3.65. The van der Waals surface area contributed by atoms with Gasteiger partial charge in [0.15, 0.2) is 12.6 Å². The van der Waals surface area contributed by atoms with E-state index in [1.807, 2.05) is 30.3 Å². The first-order chi connectivity index (χ1) is 14.7. The van der Waals surface area contributed by atoms with Crippen LogP contribution in [0.2, 0.25) is 5.02 Å². The van der Waals surface area contributed by atoms with Crippen LogP contribution in [-0.2, 0) is 18.0 Å². The summed E-state index contributed by atoms with van der Waals surface area (Å²) >= 11 is 6.22. The third-order valence-electron chi connectivity index (χ3n) is 4.88. The number of ether oxygens (including phenoxy) is 4. The van der Waals surface area contributed by atoms with Crippen LogP contribution in [0.1, 0.15) is 27.0 Å². The van der Waals surface area contributed by atoms with Gasteiger partial charge in [-0.15, -0.1) is 0 Å². The van der Waals surface area contributed by atoms with Gasteiger partial charge in [-0.05, 0) is 35.9 Å². The number of halogens is 1. The molecule has 2 aliphatic rings. The summed E-state index contributed by atoms with van der Waals surface area (Å²) in [6, 6.07) is 18.6. The molecular formula is C24H17ClO5. The lowest BCUT2D eigenvalue weighted by Gasteiger charge is -2.20. The number of hydrogen-bond donors (Lipinski definition) is 0. The Morgan fingerprint density at radius 1 is 1.07 bits per heavy atom. The fourth-order valence-corrected chi connectivity index (χ4v) is 3.70. The molecule has 3 aromatic rings. The number of fused-ring (bicyclic) bond motifs is 2. The molecule has 0 fully saturated rings. The lowest BCUT2D eigenvalue weighted by atomic mass is 10.1. The quantitative estimate of drug-likeness (QED) is 0.529. The topological polar surface area (TPSA) is 54.0 Å². The van der Waals surface area contributed by atoms with Crippen LogP contribution < -0.4 is 14.2 Å². The summed E-state index contributed by atoms with van der Waals surface area (Å²) in [5, 5.41) is 0.536. The number of Topliss-reactive ketones (excluding diaryl/α,β-unsaturated/α-hetero) is 1. The van der Waals surface area contributed by atoms with Crippen molar-refractivity contribution in [3.8, 4) is 17.2 Å². The highest BCUT2D eigenvalue weighted by Gasteiger charge is 2.28. The molecule has 0 aliphatic carbocycles. The van der Waals surface area contributed by atoms with E-state index in [1.165, 1.54) is 0 Å². The largest absolute Gasteiger partial charge is 0.489 e. The number of benzene rings is 3. The van der Waals surface area contributed by atoms with Crippen LogP contribution in [-0.4, -0.2) is 12.6 Å². The summed E-state index contributed by atoms with van der Waals surface area (Å²) in [6.07, 6.45) is 1.66. The van der Waals surface area contributed by atoms with E-state index >= 15 is 0 Å². The van der Waals surface area contributed by atoms with E-state index in [2.05, 4.69) is 0 Å². The minimum Gasteiger partial charge on any atom is -0.489 e. The Balaban J connectivity index is 1.40. The zero-order valence-electron chi connectivity index (χ0n) is 15.9. The Morgan fingerprint density at radius 2 is 1.93 bits per heavy atom. The van der Waals surface area contributed by atoms with Gasteiger partial charge in [0.05, 0.1) is 12.2 Å². The smallest absolute Gasteiger partial charge is 0.231 e. The number of hydrogen-bond acceptors (Lipinski definition) is 5. The van der Waals surface area contributed by atoms with Crippen LogP contribution in [0.5, 0.6) is 17.2 Å². The summed E-state index contributed by atoms with van der Waals surface area (Å²) in [5.74, 6) is 1.77. The molecule has 5 nitrogen and oxygen atoms in total. The Labute approximate surface area is 178 Å². The first kappa shape index (κ1) is 18.7. The van der Waals surface area contributed by atoms with E-state index in [0.717, 1.165) is 11.1 Å². The molecule has 2 heterocycles. The molecule has 0 bridgehead atoms. The van der Waals surface area contributed by atoms with E-state index in [1.54, 1.807) is 36.4 Å². The molecule has 6 heteroatoms. The average molecular weight is 421 g/mol. The van der Waals surface area contributed by atoms with Gasteiger partial charge in [0.1, 0.15) is 23.9 Å². The molecule has 150 valence electrons. The van der Waals surface area contributed by atoms with Gasteiger partial charge in [0.2, 0.25) is 5.78 Å². The predicted octanol–water partition coefficient (Wildman–Crippen LogP) is 5.40. The van der Waals surface area contributed by atoms with Crippen LogP contribution in [0, 0.1) is 0 Å². The van der Waals surface area contributed by atoms with E-state index in [-0.39, 0.29) is 18.3 Å². The van der Waals surface area contributed by atoms with Crippen molar-refractivity contribution >= 4 is 23.5 Å². The van der Waals surface area contributed by atoms with Crippen molar-refractivity contribution in [1.82, 2.24) is 0 Å². The molecule has 0 N–H and O–H groups in total. The van der Waals surface area contributed by atoms with Gasteiger partial charge < -0.3 is 18.9 Å². The Morgan fingerprint density at radius 3 is 2.80 bits per heavy atom. The van der Waals surface area contributed by atoms with E-state index < -0.39 is 0 Å². The summed E-state index contributed by atoms with van der Waals surface area (Å²) in [4.78, 5) is 12.8. The second-order valence-electron chi connectivity index (χ2n) is 6.97. The molecule has 0 aromatic heterocycles. The van der Waals surface area contributed by atoms with Crippen LogP contribution in [0.15, 0.2) is 66.4 Å². The Kier molecular flexibility index (Phi) is 4.91. The van der Waals surface area contributed by atoms with Crippen LogP contribution in [0.25, 0.3) is 6.08 Å². The molecule has 0 atom stereocenters. The predicted molar refractivity (Wildman–Crippen MR) is 112 cm³/mol. The van der Waals surface area contributed by atoms with Crippen LogP contribution in [0.4, 0.5) is 0 Å². The number of carbonyl (C=O) groups is 1. The summed E-state index contributed by atoms with van der Waals surface area (Å²) < 4.78 is 22.6. The molecule has 0 saturated carbocycles. The minimum absolute atomic E-state index is 0.155. The van der Waals surface area contributed by atoms with Gasteiger partial charge in [0.25, 0.3) is 0 Å². The monoisotopic (exact) mass is 420 g/mol. The number of rotatable bonds is 4. The van der Waals surface area contributed by atoms with E-state index in [9.17, 15) is 4.79 Å². The molecule has 0 spiro atoms.